The number of carbonyl (C=O) groups excluding carboxylic acids is 1. The average molecular weight is 192 g/mol. The topological polar surface area (TPSA) is 54.4 Å². The first-order valence-corrected chi connectivity index (χ1v) is 4.75. The van der Waals surface area contributed by atoms with Crippen LogP contribution in [0.1, 0.15) is 13.8 Å². The molecule has 5 heteroatoms. The minimum Gasteiger partial charge on any atom is -0.480 e. The van der Waals surface area contributed by atoms with E-state index in [0.29, 0.717) is 0 Å². The molecular weight excluding hydrogens is 184 g/mol. The monoisotopic (exact) mass is 192 g/mol. The van der Waals surface area contributed by atoms with E-state index in [1.807, 2.05) is 13.8 Å². The van der Waals surface area contributed by atoms with E-state index in [1.165, 1.54) is 11.8 Å². The summed E-state index contributed by atoms with van der Waals surface area (Å²) in [6, 6.07) is 0. The van der Waals surface area contributed by atoms with E-state index in [4.69, 9.17) is 5.11 Å². The van der Waals surface area contributed by atoms with Crippen LogP contribution >= 0.6 is 23.5 Å². The lowest BCUT2D eigenvalue weighted by Gasteiger charge is -2.11. The van der Waals surface area contributed by atoms with Crippen molar-refractivity contribution < 1.29 is 14.7 Å². The van der Waals surface area contributed by atoms with E-state index < -0.39 is 11.2 Å². The lowest BCUT2D eigenvalue weighted by atomic mass is 10.5. The van der Waals surface area contributed by atoms with E-state index in [2.05, 4.69) is 0 Å². The maximum atomic E-state index is 11.0. The van der Waals surface area contributed by atoms with Gasteiger partial charge in [-0.3, -0.25) is 9.59 Å². The maximum absolute atomic E-state index is 11.0. The molecular formula is C6H8O3S2. The molecule has 0 bridgehead atoms. The number of aliphatic carboxylic acids is 1. The van der Waals surface area contributed by atoms with Crippen molar-refractivity contribution in [2.75, 3.05) is 0 Å². The molecule has 0 aromatic carbocycles. The molecule has 1 saturated heterocycles. The number of hydrogen-bond donors (Lipinski definition) is 1. The number of carboxylic acids is 1. The van der Waals surface area contributed by atoms with Gasteiger partial charge in [-0.05, 0) is 13.8 Å². The highest BCUT2D eigenvalue weighted by Gasteiger charge is 2.43. The normalized spacial score (nSPS) is 28.9. The van der Waals surface area contributed by atoms with Gasteiger partial charge >= 0.3 is 5.97 Å². The van der Waals surface area contributed by atoms with Crippen LogP contribution in [0.3, 0.4) is 0 Å². The second kappa shape index (κ2) is 2.71. The zero-order valence-corrected chi connectivity index (χ0v) is 7.79. The van der Waals surface area contributed by atoms with Gasteiger partial charge in [0, 0.05) is 0 Å². The summed E-state index contributed by atoms with van der Waals surface area (Å²) in [7, 11) is 0. The van der Waals surface area contributed by atoms with Crippen molar-refractivity contribution in [2.45, 2.75) is 23.2 Å². The summed E-state index contributed by atoms with van der Waals surface area (Å²) in [5, 5.41) is 7.45. The summed E-state index contributed by atoms with van der Waals surface area (Å²) in [4.78, 5) is 21.4. The molecule has 1 fully saturated rings. The maximum Gasteiger partial charge on any atom is 0.325 e. The van der Waals surface area contributed by atoms with Crippen molar-refractivity contribution in [3.05, 3.63) is 0 Å². The third kappa shape index (κ3) is 1.90. The van der Waals surface area contributed by atoms with E-state index in [-0.39, 0.29) is 9.19 Å². The van der Waals surface area contributed by atoms with E-state index in [0.717, 1.165) is 11.8 Å². The molecule has 1 N–H and O–H groups in total. The predicted molar refractivity (Wildman–Crippen MR) is 45.7 cm³/mol. The lowest BCUT2D eigenvalue weighted by molar-refractivity contribution is -0.137. The molecule has 0 amide bonds. The van der Waals surface area contributed by atoms with Gasteiger partial charge < -0.3 is 5.11 Å². The SMILES string of the molecule is CC1(C)SC(=O)C(C(=O)O)S1. The fourth-order valence-electron chi connectivity index (χ4n) is 0.803. The molecule has 0 spiro atoms. The molecule has 62 valence electrons. The Bertz CT molecular complexity index is 212. The first-order valence-electron chi connectivity index (χ1n) is 3.06. The third-order valence-electron chi connectivity index (χ3n) is 1.19. The molecule has 0 aromatic rings. The molecule has 0 aromatic heterocycles. The van der Waals surface area contributed by atoms with Crippen LogP contribution in [-0.4, -0.2) is 25.5 Å². The fraction of sp³-hybridized carbons (Fsp3) is 0.667. The first-order chi connectivity index (χ1) is 4.92. The van der Waals surface area contributed by atoms with Gasteiger partial charge in [-0.1, -0.05) is 11.8 Å². The second-order valence-corrected chi connectivity index (χ2v) is 6.27. The lowest BCUT2D eigenvalue weighted by Crippen LogP contribution is -2.20. The van der Waals surface area contributed by atoms with Gasteiger partial charge in [-0.2, -0.15) is 0 Å². The summed E-state index contributed by atoms with van der Waals surface area (Å²) in [5.74, 6) is -1.03. The van der Waals surface area contributed by atoms with Crippen LogP contribution in [-0.2, 0) is 9.59 Å². The highest BCUT2D eigenvalue weighted by molar-refractivity contribution is 8.31. The van der Waals surface area contributed by atoms with Gasteiger partial charge in [-0.25, -0.2) is 0 Å². The number of carboxylic acid groups (broad SMARTS) is 1. The zero-order chi connectivity index (χ0) is 8.65. The number of hydrogen-bond acceptors (Lipinski definition) is 4. The van der Waals surface area contributed by atoms with Crippen LogP contribution < -0.4 is 0 Å². The van der Waals surface area contributed by atoms with Crippen molar-refractivity contribution in [1.29, 1.82) is 0 Å². The molecule has 1 aliphatic heterocycles. The van der Waals surface area contributed by atoms with Gasteiger partial charge in [0.2, 0.25) is 5.12 Å². The summed E-state index contributed by atoms with van der Waals surface area (Å²) in [6.07, 6.45) is 0. The van der Waals surface area contributed by atoms with Gasteiger partial charge in [-0.15, -0.1) is 11.8 Å². The Morgan fingerprint density at radius 2 is 2.18 bits per heavy atom. The van der Waals surface area contributed by atoms with Gasteiger partial charge in [0.1, 0.15) is 0 Å². The molecule has 0 saturated carbocycles. The van der Waals surface area contributed by atoms with Crippen LogP contribution in [0.25, 0.3) is 0 Å². The Morgan fingerprint density at radius 1 is 1.64 bits per heavy atom. The molecule has 1 atom stereocenters. The number of rotatable bonds is 1. The average Bonchev–Trinajstić information content (AvgIpc) is 2.05. The Hall–Kier alpha value is -0.160. The van der Waals surface area contributed by atoms with Crippen LogP contribution in [0, 0.1) is 0 Å². The molecule has 11 heavy (non-hydrogen) atoms. The Morgan fingerprint density at radius 3 is 2.36 bits per heavy atom. The van der Waals surface area contributed by atoms with E-state index >= 15 is 0 Å². The standard InChI is InChI=1S/C6H8O3S2/c1-6(2)10-3(4(7)8)5(9)11-6/h3H,1-2H3,(H,7,8). The Balaban J connectivity index is 2.74. The number of carbonyl (C=O) groups is 2. The summed E-state index contributed by atoms with van der Waals surface area (Å²) in [5.41, 5.74) is 0. The van der Waals surface area contributed by atoms with Crippen molar-refractivity contribution in [3.8, 4) is 0 Å². The minimum absolute atomic E-state index is 0.243. The molecule has 0 radical (unpaired) electrons. The van der Waals surface area contributed by atoms with Crippen molar-refractivity contribution in [3.63, 3.8) is 0 Å². The van der Waals surface area contributed by atoms with Crippen LogP contribution in [0.4, 0.5) is 0 Å². The molecule has 0 aliphatic carbocycles. The minimum atomic E-state index is -1.03. The first kappa shape index (κ1) is 8.93. The third-order valence-corrected chi connectivity index (χ3v) is 4.02. The second-order valence-electron chi connectivity index (χ2n) is 2.66. The van der Waals surface area contributed by atoms with Crippen molar-refractivity contribution in [2.24, 2.45) is 0 Å². The highest BCUT2D eigenvalue weighted by atomic mass is 32.2. The summed E-state index contributed by atoms with van der Waals surface area (Å²) >= 11 is 2.30. The van der Waals surface area contributed by atoms with E-state index in [9.17, 15) is 9.59 Å². The van der Waals surface area contributed by atoms with E-state index in [1.54, 1.807) is 0 Å². The van der Waals surface area contributed by atoms with Gasteiger partial charge in [0.25, 0.3) is 0 Å². The zero-order valence-electron chi connectivity index (χ0n) is 6.16. The van der Waals surface area contributed by atoms with Crippen LogP contribution in [0.15, 0.2) is 0 Å². The van der Waals surface area contributed by atoms with Crippen molar-refractivity contribution in [1.82, 2.24) is 0 Å². The fourth-order valence-corrected chi connectivity index (χ4v) is 3.28. The molecule has 3 nitrogen and oxygen atoms in total. The predicted octanol–water partition coefficient (Wildman–Crippen LogP) is 1.18. The number of thioether (sulfide) groups is 2. The smallest absolute Gasteiger partial charge is 0.325 e. The molecule has 1 rings (SSSR count). The Kier molecular flexibility index (Phi) is 2.20. The van der Waals surface area contributed by atoms with Gasteiger partial charge in [0.05, 0.1) is 4.08 Å². The van der Waals surface area contributed by atoms with Crippen molar-refractivity contribution >= 4 is 34.6 Å². The molecule has 1 unspecified atom stereocenters. The quantitative estimate of drug-likeness (QED) is 0.632. The van der Waals surface area contributed by atoms with Gasteiger partial charge in [0.15, 0.2) is 5.25 Å². The van der Waals surface area contributed by atoms with Crippen LogP contribution in [0.2, 0.25) is 0 Å². The molecule has 1 heterocycles. The summed E-state index contributed by atoms with van der Waals surface area (Å²) in [6.45, 7) is 3.70. The highest BCUT2D eigenvalue weighted by Crippen LogP contribution is 2.48. The largest absolute Gasteiger partial charge is 0.480 e. The van der Waals surface area contributed by atoms with Crippen LogP contribution in [0.5, 0.6) is 0 Å². The molecule has 1 aliphatic rings. The Labute approximate surface area is 72.9 Å². The summed E-state index contributed by atoms with van der Waals surface area (Å²) < 4.78 is -0.278.